The van der Waals surface area contributed by atoms with Crippen molar-refractivity contribution in [3.8, 4) is 0 Å². The average Bonchev–Trinajstić information content (AvgIpc) is 2.57. The maximum atomic E-state index is 13.5. The summed E-state index contributed by atoms with van der Waals surface area (Å²) in [7, 11) is 0. The number of esters is 1. The van der Waals surface area contributed by atoms with Crippen molar-refractivity contribution in [3.05, 3.63) is 35.6 Å². The number of hydrogen-bond acceptors (Lipinski definition) is 2. The van der Waals surface area contributed by atoms with E-state index in [0.29, 0.717) is 18.4 Å². The number of halogens is 1. The molecule has 1 aromatic carbocycles. The van der Waals surface area contributed by atoms with E-state index in [-0.39, 0.29) is 17.9 Å². The smallest absolute Gasteiger partial charge is 0.317 e. The van der Waals surface area contributed by atoms with Crippen molar-refractivity contribution in [1.29, 1.82) is 0 Å². The minimum Gasteiger partial charge on any atom is -0.462 e. The number of fused-ring (bicyclic) bond motifs is 1. The molecule has 0 N–H and O–H groups in total. The lowest BCUT2D eigenvalue weighted by molar-refractivity contribution is -0.139. The molecule has 2 nitrogen and oxygen atoms in total. The van der Waals surface area contributed by atoms with Crippen LogP contribution in [0.2, 0.25) is 0 Å². The normalized spacial score (nSPS) is 33.8. The monoisotopic (exact) mass is 192 g/mol. The second-order valence-corrected chi connectivity index (χ2v) is 4.00. The van der Waals surface area contributed by atoms with E-state index in [1.807, 2.05) is 0 Å². The second kappa shape index (κ2) is 2.35. The van der Waals surface area contributed by atoms with E-state index >= 15 is 0 Å². The van der Waals surface area contributed by atoms with Gasteiger partial charge in [-0.15, -0.1) is 0 Å². The minimum absolute atomic E-state index is 0.0297. The molecule has 2 aliphatic heterocycles. The SMILES string of the molecule is O=C1OC2CC1(c1ccccc1F)C2. The Hall–Kier alpha value is -1.38. The first kappa shape index (κ1) is 7.97. The highest BCUT2D eigenvalue weighted by Crippen LogP contribution is 2.53. The van der Waals surface area contributed by atoms with Gasteiger partial charge in [0.2, 0.25) is 0 Å². The van der Waals surface area contributed by atoms with E-state index in [1.54, 1.807) is 18.2 Å². The van der Waals surface area contributed by atoms with Gasteiger partial charge in [0.15, 0.2) is 0 Å². The molecule has 1 saturated carbocycles. The molecule has 1 aliphatic carbocycles. The summed E-state index contributed by atoms with van der Waals surface area (Å²) in [5.74, 6) is -0.558. The van der Waals surface area contributed by atoms with Crippen LogP contribution in [-0.2, 0) is 14.9 Å². The largest absolute Gasteiger partial charge is 0.462 e. The van der Waals surface area contributed by atoms with Crippen molar-refractivity contribution >= 4 is 5.97 Å². The fraction of sp³-hybridized carbons (Fsp3) is 0.364. The highest BCUT2D eigenvalue weighted by atomic mass is 19.1. The Morgan fingerprint density at radius 3 is 2.64 bits per heavy atom. The molecule has 3 heteroatoms. The fourth-order valence-corrected chi connectivity index (χ4v) is 2.41. The van der Waals surface area contributed by atoms with Gasteiger partial charge in [0.05, 0.1) is 0 Å². The van der Waals surface area contributed by atoms with Gasteiger partial charge in [0, 0.05) is 18.4 Å². The molecule has 2 heterocycles. The van der Waals surface area contributed by atoms with E-state index in [0.717, 1.165) is 0 Å². The van der Waals surface area contributed by atoms with Crippen molar-refractivity contribution in [1.82, 2.24) is 0 Å². The number of ether oxygens (including phenoxy) is 1. The van der Waals surface area contributed by atoms with E-state index in [4.69, 9.17) is 4.74 Å². The third-order valence-corrected chi connectivity index (χ3v) is 3.21. The Kier molecular flexibility index (Phi) is 1.34. The lowest BCUT2D eigenvalue weighted by Gasteiger charge is -2.32. The van der Waals surface area contributed by atoms with Crippen LogP contribution >= 0.6 is 0 Å². The fourth-order valence-electron chi connectivity index (χ4n) is 2.41. The molecule has 72 valence electrons. The van der Waals surface area contributed by atoms with E-state index in [9.17, 15) is 9.18 Å². The first-order valence-electron chi connectivity index (χ1n) is 4.68. The molecule has 0 unspecified atom stereocenters. The predicted molar refractivity (Wildman–Crippen MR) is 47.2 cm³/mol. The number of rotatable bonds is 1. The molecule has 4 rings (SSSR count). The van der Waals surface area contributed by atoms with Crippen molar-refractivity contribution in [2.24, 2.45) is 0 Å². The summed E-state index contributed by atoms with van der Waals surface area (Å²) in [5.41, 5.74) is -0.158. The van der Waals surface area contributed by atoms with E-state index in [2.05, 4.69) is 0 Å². The van der Waals surface area contributed by atoms with Gasteiger partial charge in [-0.05, 0) is 6.07 Å². The van der Waals surface area contributed by atoms with Crippen LogP contribution in [0.25, 0.3) is 0 Å². The van der Waals surface area contributed by atoms with Crippen LogP contribution in [0.5, 0.6) is 0 Å². The molecule has 0 aromatic heterocycles. The molecular weight excluding hydrogens is 183 g/mol. The molecule has 14 heavy (non-hydrogen) atoms. The summed E-state index contributed by atoms with van der Waals surface area (Å²) < 4.78 is 18.5. The van der Waals surface area contributed by atoms with Gasteiger partial charge in [-0.3, -0.25) is 4.79 Å². The molecule has 3 aliphatic rings. The van der Waals surface area contributed by atoms with Crippen LogP contribution in [0.3, 0.4) is 0 Å². The molecule has 1 aromatic rings. The summed E-state index contributed by atoms with van der Waals surface area (Å²) in [4.78, 5) is 11.5. The highest BCUT2D eigenvalue weighted by molar-refractivity contribution is 5.88. The Bertz CT molecular complexity index is 408. The molecule has 2 saturated heterocycles. The molecule has 0 radical (unpaired) electrons. The van der Waals surface area contributed by atoms with Crippen LogP contribution in [-0.4, -0.2) is 12.1 Å². The Balaban J connectivity index is 2.12. The van der Waals surface area contributed by atoms with Crippen LogP contribution in [0, 0.1) is 5.82 Å². The first-order chi connectivity index (χ1) is 6.72. The van der Waals surface area contributed by atoms with Gasteiger partial charge in [-0.25, -0.2) is 4.39 Å². The van der Waals surface area contributed by atoms with Gasteiger partial charge in [0.25, 0.3) is 0 Å². The Labute approximate surface area is 80.7 Å². The van der Waals surface area contributed by atoms with Crippen molar-refractivity contribution in [2.45, 2.75) is 24.4 Å². The van der Waals surface area contributed by atoms with Crippen LogP contribution in [0.15, 0.2) is 24.3 Å². The second-order valence-electron chi connectivity index (χ2n) is 4.00. The Morgan fingerprint density at radius 2 is 2.07 bits per heavy atom. The highest BCUT2D eigenvalue weighted by Gasteiger charge is 2.61. The predicted octanol–water partition coefficient (Wildman–Crippen LogP) is 1.78. The van der Waals surface area contributed by atoms with Crippen LogP contribution < -0.4 is 0 Å². The quantitative estimate of drug-likeness (QED) is 0.634. The zero-order valence-electron chi connectivity index (χ0n) is 7.50. The molecule has 0 amide bonds. The minimum atomic E-state index is -0.657. The summed E-state index contributed by atoms with van der Waals surface area (Å²) in [6, 6.07) is 6.46. The number of carbonyl (C=O) groups excluding carboxylic acids is 1. The zero-order valence-corrected chi connectivity index (χ0v) is 7.50. The molecule has 2 bridgehead atoms. The van der Waals surface area contributed by atoms with Gasteiger partial charge < -0.3 is 4.74 Å². The van der Waals surface area contributed by atoms with Crippen molar-refractivity contribution in [3.63, 3.8) is 0 Å². The summed E-state index contributed by atoms with van der Waals surface area (Å²) >= 11 is 0. The van der Waals surface area contributed by atoms with E-state index < -0.39 is 5.41 Å². The first-order valence-corrected chi connectivity index (χ1v) is 4.68. The standard InChI is InChI=1S/C11H9FO2/c12-9-4-2-1-3-8(9)11-5-7(6-11)14-10(11)13/h1-4,7H,5-6H2. The summed E-state index contributed by atoms with van der Waals surface area (Å²) in [5, 5.41) is 0. The topological polar surface area (TPSA) is 26.3 Å². The van der Waals surface area contributed by atoms with Gasteiger partial charge in [-0.2, -0.15) is 0 Å². The summed E-state index contributed by atoms with van der Waals surface area (Å²) in [6.07, 6.45) is 1.32. The molecular formula is C11H9FO2. The van der Waals surface area contributed by atoms with Crippen molar-refractivity contribution < 1.29 is 13.9 Å². The maximum absolute atomic E-state index is 13.5. The summed E-state index contributed by atoms with van der Waals surface area (Å²) in [6.45, 7) is 0. The molecule has 0 spiro atoms. The number of hydrogen-bond donors (Lipinski definition) is 0. The number of benzene rings is 1. The average molecular weight is 192 g/mol. The van der Waals surface area contributed by atoms with Gasteiger partial charge in [-0.1, -0.05) is 18.2 Å². The van der Waals surface area contributed by atoms with Gasteiger partial charge in [0.1, 0.15) is 17.3 Å². The number of carbonyl (C=O) groups is 1. The van der Waals surface area contributed by atoms with Gasteiger partial charge >= 0.3 is 5.97 Å². The zero-order chi connectivity index (χ0) is 9.76. The maximum Gasteiger partial charge on any atom is 0.317 e. The molecule has 0 atom stereocenters. The Morgan fingerprint density at radius 1 is 1.36 bits per heavy atom. The lowest BCUT2D eigenvalue weighted by Crippen LogP contribution is -2.39. The van der Waals surface area contributed by atoms with Crippen LogP contribution in [0.1, 0.15) is 18.4 Å². The van der Waals surface area contributed by atoms with Crippen molar-refractivity contribution in [2.75, 3.05) is 0 Å². The third kappa shape index (κ3) is 0.775. The van der Waals surface area contributed by atoms with E-state index in [1.165, 1.54) is 6.07 Å². The lowest BCUT2D eigenvalue weighted by atomic mass is 9.65. The third-order valence-electron chi connectivity index (χ3n) is 3.21. The molecule has 3 fully saturated rings. The van der Waals surface area contributed by atoms with Crippen LogP contribution in [0.4, 0.5) is 4.39 Å².